The van der Waals surface area contributed by atoms with Crippen molar-refractivity contribution in [2.24, 2.45) is 0 Å². The number of aromatic nitrogens is 2. The minimum atomic E-state index is -0.140. The largest absolute Gasteiger partial charge is 0.228 e. The highest BCUT2D eigenvalue weighted by Gasteiger charge is 2.37. The standard InChI is InChI=1S/C55H38N2/c1-55(2)49-21-11-20-47(53(49)48-32-39-15-6-7-16-40(39)33-50(48)55)52-34-51(56-54(57-52)38-13-4-3-5-14-38)44-29-28-42-30-41(26-27-43(42)31-44)35-22-24-37(25-23-35)46-19-10-17-36-12-8-9-18-45(36)46/h3-34H,1-2H3. The van der Waals surface area contributed by atoms with E-state index in [1.54, 1.807) is 0 Å². The summed E-state index contributed by atoms with van der Waals surface area (Å²) in [5, 5.41) is 7.42. The maximum Gasteiger partial charge on any atom is 0.160 e. The second-order valence-corrected chi connectivity index (χ2v) is 15.8. The molecule has 1 aliphatic rings. The molecule has 57 heavy (non-hydrogen) atoms. The summed E-state index contributed by atoms with van der Waals surface area (Å²) in [6.07, 6.45) is 0. The van der Waals surface area contributed by atoms with Gasteiger partial charge in [-0.15, -0.1) is 0 Å². The summed E-state index contributed by atoms with van der Waals surface area (Å²) in [7, 11) is 0. The number of fused-ring (bicyclic) bond motifs is 6. The Kier molecular flexibility index (Phi) is 7.55. The Balaban J connectivity index is 0.995. The van der Waals surface area contributed by atoms with E-state index in [-0.39, 0.29) is 5.41 Å². The van der Waals surface area contributed by atoms with Crippen molar-refractivity contribution in [3.8, 4) is 67.3 Å². The first kappa shape index (κ1) is 33.2. The zero-order valence-corrected chi connectivity index (χ0v) is 31.9. The van der Waals surface area contributed by atoms with E-state index in [1.165, 1.54) is 76.8 Å². The first-order chi connectivity index (χ1) is 28.0. The van der Waals surface area contributed by atoms with E-state index in [2.05, 4.69) is 202 Å². The maximum atomic E-state index is 5.30. The van der Waals surface area contributed by atoms with E-state index in [1.807, 2.05) is 6.07 Å². The van der Waals surface area contributed by atoms with Crippen LogP contribution in [0.5, 0.6) is 0 Å². The van der Waals surface area contributed by atoms with Crippen LogP contribution in [0.25, 0.3) is 99.6 Å². The molecule has 9 aromatic carbocycles. The van der Waals surface area contributed by atoms with Crippen molar-refractivity contribution in [1.29, 1.82) is 0 Å². The Morgan fingerprint density at radius 3 is 1.72 bits per heavy atom. The summed E-state index contributed by atoms with van der Waals surface area (Å²) in [4.78, 5) is 10.5. The molecular formula is C55H38N2. The molecule has 0 fully saturated rings. The monoisotopic (exact) mass is 726 g/mol. The van der Waals surface area contributed by atoms with E-state index in [0.717, 1.165) is 33.9 Å². The lowest BCUT2D eigenvalue weighted by atomic mass is 9.81. The summed E-state index contributed by atoms with van der Waals surface area (Å²) < 4.78 is 0. The van der Waals surface area contributed by atoms with Gasteiger partial charge in [0.05, 0.1) is 11.4 Å². The Morgan fingerprint density at radius 2 is 0.912 bits per heavy atom. The van der Waals surface area contributed by atoms with E-state index < -0.39 is 0 Å². The second-order valence-electron chi connectivity index (χ2n) is 15.8. The van der Waals surface area contributed by atoms with Gasteiger partial charge in [-0.2, -0.15) is 0 Å². The van der Waals surface area contributed by atoms with Crippen LogP contribution < -0.4 is 0 Å². The van der Waals surface area contributed by atoms with Crippen LogP contribution in [0.2, 0.25) is 0 Å². The third-order valence-corrected chi connectivity index (χ3v) is 12.1. The van der Waals surface area contributed by atoms with Gasteiger partial charge in [0.1, 0.15) is 0 Å². The SMILES string of the molecule is CC1(C)c2cc3ccccc3cc2-c2c(-c3cc(-c4ccc5cc(-c6ccc(-c7cccc8ccccc78)cc6)ccc5c4)nc(-c4ccccc4)n3)cccc21. The van der Waals surface area contributed by atoms with Gasteiger partial charge in [0, 0.05) is 22.1 Å². The van der Waals surface area contributed by atoms with E-state index in [0.29, 0.717) is 0 Å². The predicted molar refractivity (Wildman–Crippen MR) is 239 cm³/mol. The van der Waals surface area contributed by atoms with Crippen molar-refractivity contribution < 1.29 is 0 Å². The molecular weight excluding hydrogens is 689 g/mol. The zero-order valence-electron chi connectivity index (χ0n) is 31.9. The molecule has 0 unspecified atom stereocenters. The van der Waals surface area contributed by atoms with Crippen LogP contribution >= 0.6 is 0 Å². The lowest BCUT2D eigenvalue weighted by molar-refractivity contribution is 0.661. The van der Waals surface area contributed by atoms with E-state index in [4.69, 9.17) is 9.97 Å². The molecule has 0 bridgehead atoms. The molecule has 0 amide bonds. The van der Waals surface area contributed by atoms with Gasteiger partial charge in [0.25, 0.3) is 0 Å². The fraction of sp³-hybridized carbons (Fsp3) is 0.0545. The van der Waals surface area contributed by atoms with Crippen molar-refractivity contribution in [2.45, 2.75) is 19.3 Å². The predicted octanol–water partition coefficient (Wildman–Crippen LogP) is 14.6. The molecule has 1 aliphatic carbocycles. The third-order valence-electron chi connectivity index (χ3n) is 12.1. The topological polar surface area (TPSA) is 25.8 Å². The van der Waals surface area contributed by atoms with E-state index in [9.17, 15) is 0 Å². The molecule has 268 valence electrons. The van der Waals surface area contributed by atoms with Crippen molar-refractivity contribution in [2.75, 3.05) is 0 Å². The van der Waals surface area contributed by atoms with Crippen LogP contribution in [0, 0.1) is 0 Å². The summed E-state index contributed by atoms with van der Waals surface area (Å²) in [5.74, 6) is 0.721. The van der Waals surface area contributed by atoms with Crippen molar-refractivity contribution in [3.63, 3.8) is 0 Å². The Bertz CT molecular complexity index is 3190. The summed E-state index contributed by atoms with van der Waals surface area (Å²) in [6.45, 7) is 4.69. The Morgan fingerprint density at radius 1 is 0.333 bits per heavy atom. The van der Waals surface area contributed by atoms with Gasteiger partial charge < -0.3 is 0 Å². The number of nitrogens with zero attached hydrogens (tertiary/aromatic N) is 2. The molecule has 10 aromatic rings. The van der Waals surface area contributed by atoms with Gasteiger partial charge in [0.2, 0.25) is 0 Å². The molecule has 0 saturated carbocycles. The quantitative estimate of drug-likeness (QED) is 0.176. The molecule has 1 heterocycles. The number of hydrogen-bond donors (Lipinski definition) is 0. The molecule has 0 spiro atoms. The molecule has 0 aliphatic heterocycles. The summed E-state index contributed by atoms with van der Waals surface area (Å²) >= 11 is 0. The highest BCUT2D eigenvalue weighted by Crippen LogP contribution is 2.53. The summed E-state index contributed by atoms with van der Waals surface area (Å²) in [5.41, 5.74) is 15.0. The smallest absolute Gasteiger partial charge is 0.160 e. The van der Waals surface area contributed by atoms with Gasteiger partial charge in [-0.05, 0) is 107 Å². The lowest BCUT2D eigenvalue weighted by Crippen LogP contribution is -2.14. The number of hydrogen-bond acceptors (Lipinski definition) is 2. The minimum Gasteiger partial charge on any atom is -0.228 e. The zero-order chi connectivity index (χ0) is 38.1. The molecule has 0 saturated heterocycles. The van der Waals surface area contributed by atoms with Crippen LogP contribution in [-0.4, -0.2) is 9.97 Å². The molecule has 0 radical (unpaired) electrons. The van der Waals surface area contributed by atoms with E-state index >= 15 is 0 Å². The highest BCUT2D eigenvalue weighted by atomic mass is 14.9. The van der Waals surface area contributed by atoms with Gasteiger partial charge in [-0.1, -0.05) is 178 Å². The lowest BCUT2D eigenvalue weighted by Gasteiger charge is -2.22. The van der Waals surface area contributed by atoms with Crippen molar-refractivity contribution in [1.82, 2.24) is 9.97 Å². The molecule has 1 aromatic heterocycles. The first-order valence-corrected chi connectivity index (χ1v) is 19.7. The molecule has 11 rings (SSSR count). The Hall–Kier alpha value is -7.16. The van der Waals surface area contributed by atoms with Crippen LogP contribution in [0.3, 0.4) is 0 Å². The highest BCUT2D eigenvalue weighted by molar-refractivity contribution is 6.00. The van der Waals surface area contributed by atoms with Crippen molar-refractivity contribution in [3.05, 3.63) is 205 Å². The fourth-order valence-corrected chi connectivity index (χ4v) is 9.04. The van der Waals surface area contributed by atoms with Crippen LogP contribution in [0.15, 0.2) is 194 Å². The van der Waals surface area contributed by atoms with Crippen LogP contribution in [-0.2, 0) is 5.41 Å². The number of rotatable bonds is 5. The second kappa shape index (κ2) is 13.0. The third kappa shape index (κ3) is 5.56. The molecule has 0 atom stereocenters. The number of benzene rings is 9. The average molecular weight is 727 g/mol. The average Bonchev–Trinajstić information content (AvgIpc) is 3.50. The Labute approximate surface area is 332 Å². The van der Waals surface area contributed by atoms with Gasteiger partial charge in [0.15, 0.2) is 5.82 Å². The van der Waals surface area contributed by atoms with Crippen LogP contribution in [0.4, 0.5) is 0 Å². The van der Waals surface area contributed by atoms with Gasteiger partial charge in [-0.3, -0.25) is 0 Å². The molecule has 2 nitrogen and oxygen atoms in total. The molecule has 0 N–H and O–H groups in total. The summed E-state index contributed by atoms with van der Waals surface area (Å²) in [6, 6.07) is 70.2. The minimum absolute atomic E-state index is 0.140. The van der Waals surface area contributed by atoms with Gasteiger partial charge >= 0.3 is 0 Å². The van der Waals surface area contributed by atoms with Gasteiger partial charge in [-0.25, -0.2) is 9.97 Å². The fourth-order valence-electron chi connectivity index (χ4n) is 9.04. The maximum absolute atomic E-state index is 5.30. The van der Waals surface area contributed by atoms with Crippen LogP contribution in [0.1, 0.15) is 25.0 Å². The molecule has 2 heteroatoms. The first-order valence-electron chi connectivity index (χ1n) is 19.7. The van der Waals surface area contributed by atoms with Crippen molar-refractivity contribution >= 4 is 32.3 Å². The normalized spacial score (nSPS) is 12.9.